The first-order valence-corrected chi connectivity index (χ1v) is 25.8. The third kappa shape index (κ3) is 9.10. The molecule has 12 rings (SSSR count). The van der Waals surface area contributed by atoms with Crippen LogP contribution in [0.5, 0.6) is 0 Å². The van der Waals surface area contributed by atoms with E-state index >= 15 is 0 Å². The Hall–Kier alpha value is -8.36. The second-order valence-corrected chi connectivity index (χ2v) is 22.2. The van der Waals surface area contributed by atoms with Gasteiger partial charge in [-0.2, -0.15) is 10.2 Å². The monoisotopic (exact) mass is 968 g/mol. The summed E-state index contributed by atoms with van der Waals surface area (Å²) in [6, 6.07) is 65.0. The molecule has 8 heteroatoms. The summed E-state index contributed by atoms with van der Waals surface area (Å²) in [4.78, 5) is 9.59. The molecule has 8 nitrogen and oxygen atoms in total. The molecule has 0 saturated carbocycles. The van der Waals surface area contributed by atoms with E-state index in [4.69, 9.17) is 29.0 Å². The molecule has 2 aliphatic heterocycles. The largest absolute Gasteiger partial charge is 0.436 e. The summed E-state index contributed by atoms with van der Waals surface area (Å²) in [6.07, 6.45) is 1.55. The minimum absolute atomic E-state index is 0.0324. The van der Waals surface area contributed by atoms with Crippen LogP contribution in [0.15, 0.2) is 201 Å². The molecule has 8 aromatic carbocycles. The fourth-order valence-electron chi connectivity index (χ4n) is 10.3. The Kier molecular flexibility index (Phi) is 11.5. The van der Waals surface area contributed by atoms with Crippen molar-refractivity contribution in [3.05, 3.63) is 226 Å². The van der Waals surface area contributed by atoms with E-state index in [1.807, 2.05) is 12.1 Å². The molecule has 0 amide bonds. The topological polar surface area (TPSA) is 83.3 Å². The molecule has 0 radical (unpaired) electrons. The Morgan fingerprint density at radius 3 is 1.08 bits per heavy atom. The number of benzene rings is 8. The third-order valence-electron chi connectivity index (χ3n) is 14.8. The maximum Gasteiger partial charge on any atom is 0.227 e. The van der Waals surface area contributed by atoms with Crippen LogP contribution in [0.25, 0.3) is 56.2 Å². The molecular formula is C66H60N6O2. The summed E-state index contributed by atoms with van der Waals surface area (Å²) in [5.74, 6) is 1.23. The van der Waals surface area contributed by atoms with Crippen molar-refractivity contribution < 1.29 is 8.83 Å². The van der Waals surface area contributed by atoms with Gasteiger partial charge < -0.3 is 8.83 Å². The van der Waals surface area contributed by atoms with Crippen molar-refractivity contribution >= 4 is 45.0 Å². The van der Waals surface area contributed by atoms with Crippen molar-refractivity contribution in [2.24, 2.45) is 10.2 Å². The zero-order valence-corrected chi connectivity index (χ0v) is 43.4. The van der Waals surface area contributed by atoms with Crippen LogP contribution >= 0.6 is 0 Å². The number of hydrogen-bond donors (Lipinski definition) is 0. The molecule has 0 N–H and O–H groups in total. The van der Waals surface area contributed by atoms with Gasteiger partial charge in [0.15, 0.2) is 11.2 Å². The van der Waals surface area contributed by atoms with Gasteiger partial charge in [0, 0.05) is 24.0 Å². The van der Waals surface area contributed by atoms with Crippen molar-refractivity contribution in [2.45, 2.75) is 91.1 Å². The lowest BCUT2D eigenvalue weighted by molar-refractivity contribution is 0.589. The van der Waals surface area contributed by atoms with Gasteiger partial charge >= 0.3 is 0 Å². The normalized spacial score (nSPS) is 16.1. The molecule has 2 aliphatic rings. The highest BCUT2D eigenvalue weighted by molar-refractivity contribution is 6.04. The van der Waals surface area contributed by atoms with Gasteiger partial charge in [-0.15, -0.1) is 0 Å². The second-order valence-electron chi connectivity index (χ2n) is 22.2. The highest BCUT2D eigenvalue weighted by atomic mass is 16.4. The first kappa shape index (κ1) is 46.7. The van der Waals surface area contributed by atoms with E-state index < -0.39 is 0 Å². The Balaban J connectivity index is 0.800. The van der Waals surface area contributed by atoms with Gasteiger partial charge in [-0.1, -0.05) is 151 Å². The van der Waals surface area contributed by atoms with Crippen molar-refractivity contribution in [3.8, 4) is 34.0 Å². The molecule has 10 aromatic rings. The maximum absolute atomic E-state index is 6.16. The molecule has 0 aliphatic carbocycles. The average Bonchev–Trinajstić information content (AvgIpc) is 4.24. The van der Waals surface area contributed by atoms with E-state index in [1.54, 1.807) is 0 Å². The summed E-state index contributed by atoms with van der Waals surface area (Å²) in [6.45, 7) is 17.7. The Morgan fingerprint density at radius 1 is 0.392 bits per heavy atom. The van der Waals surface area contributed by atoms with Crippen LogP contribution in [0.2, 0.25) is 0 Å². The van der Waals surface area contributed by atoms with E-state index in [0.29, 0.717) is 11.8 Å². The molecule has 2 atom stereocenters. The number of oxazole rings is 2. The molecule has 0 saturated heterocycles. The Labute approximate surface area is 433 Å². The lowest BCUT2D eigenvalue weighted by Crippen LogP contribution is -2.19. The molecular weight excluding hydrogens is 909 g/mol. The summed E-state index contributed by atoms with van der Waals surface area (Å²) < 4.78 is 12.3. The summed E-state index contributed by atoms with van der Waals surface area (Å²) in [7, 11) is 0. The number of rotatable bonds is 9. The van der Waals surface area contributed by atoms with Crippen LogP contribution in [0.3, 0.4) is 0 Å². The fourth-order valence-corrected chi connectivity index (χ4v) is 10.3. The summed E-state index contributed by atoms with van der Waals surface area (Å²) >= 11 is 0. The summed E-state index contributed by atoms with van der Waals surface area (Å²) in [5.41, 5.74) is 21.4. The van der Waals surface area contributed by atoms with Crippen LogP contribution < -0.4 is 10.0 Å². The smallest absolute Gasteiger partial charge is 0.227 e. The number of hydrazone groups is 2. The highest BCUT2D eigenvalue weighted by Gasteiger charge is 2.32. The number of aryl methyl sites for hydroxylation is 2. The van der Waals surface area contributed by atoms with Crippen molar-refractivity contribution in [3.63, 3.8) is 0 Å². The first-order chi connectivity index (χ1) is 35.7. The van der Waals surface area contributed by atoms with Gasteiger partial charge in [0.1, 0.15) is 11.0 Å². The molecule has 74 heavy (non-hydrogen) atoms. The van der Waals surface area contributed by atoms with Gasteiger partial charge in [-0.3, -0.25) is 10.0 Å². The zero-order valence-electron chi connectivity index (χ0n) is 43.4. The van der Waals surface area contributed by atoms with E-state index in [9.17, 15) is 0 Å². The average molecular weight is 969 g/mol. The van der Waals surface area contributed by atoms with E-state index in [-0.39, 0.29) is 22.9 Å². The second kappa shape index (κ2) is 18.3. The Morgan fingerprint density at radius 2 is 0.730 bits per heavy atom. The molecule has 2 unspecified atom stereocenters. The lowest BCUT2D eigenvalue weighted by atomic mass is 9.86. The standard InChI is InChI=1S/C66H60N6O2/c1-41-9-35-61-57(37-41)67-63(73-61)49-23-31-53(32-24-49)71-59(47-19-27-51(28-20-47)65(3,4)5)39-55(69-71)45-15-11-43(12-16-45)44-13-17-46(18-14-44)56-40-60(48-21-29-52(30-22-48)66(6,7)8)72(70-56)54-33-25-50(26-34-54)64-68-58-38-42(2)10-36-62(58)74-64/h9-38,59-60H,39-40H2,1-8H3. The first-order valence-electron chi connectivity index (χ1n) is 25.8. The van der Waals surface area contributed by atoms with Crippen molar-refractivity contribution in [1.82, 2.24) is 9.97 Å². The lowest BCUT2D eigenvalue weighted by Gasteiger charge is -2.25. The minimum Gasteiger partial charge on any atom is -0.436 e. The van der Waals surface area contributed by atoms with Crippen LogP contribution in [-0.2, 0) is 10.8 Å². The van der Waals surface area contributed by atoms with Gasteiger partial charge in [0.05, 0.1) is 34.9 Å². The van der Waals surface area contributed by atoms with Gasteiger partial charge in [0.25, 0.3) is 0 Å². The quantitative estimate of drug-likeness (QED) is 0.143. The SMILES string of the molecule is Cc1ccc2oc(-c3ccc(N4N=C(c5ccc(-c6ccc(C7=NN(c8ccc(-c9nc%10cc(C)ccc%10o9)cc8)C(c8ccc(C(C)(C)C)cc8)C7)cc6)cc5)CC4c4ccc(C(C)(C)C)cc4)cc3)nc2c1. The fraction of sp³-hybridized carbons (Fsp3) is 0.212. The van der Waals surface area contributed by atoms with Gasteiger partial charge in [0.2, 0.25) is 11.8 Å². The minimum atomic E-state index is 0.0324. The van der Waals surface area contributed by atoms with Gasteiger partial charge in [-0.25, -0.2) is 9.97 Å². The van der Waals surface area contributed by atoms with Crippen molar-refractivity contribution in [2.75, 3.05) is 10.0 Å². The highest BCUT2D eigenvalue weighted by Crippen LogP contribution is 2.41. The molecule has 0 fully saturated rings. The van der Waals surface area contributed by atoms with E-state index in [2.05, 4.69) is 235 Å². The molecule has 2 aromatic heterocycles. The van der Waals surface area contributed by atoms with E-state index in [0.717, 1.165) is 102 Å². The van der Waals surface area contributed by atoms with Crippen molar-refractivity contribution in [1.29, 1.82) is 0 Å². The molecule has 0 bridgehead atoms. The predicted molar refractivity (Wildman–Crippen MR) is 303 cm³/mol. The van der Waals surface area contributed by atoms with Gasteiger partial charge in [-0.05, 0) is 153 Å². The molecule has 366 valence electrons. The van der Waals surface area contributed by atoms with Crippen LogP contribution in [0.1, 0.15) is 111 Å². The number of nitrogens with zero attached hydrogens (tertiary/aromatic N) is 6. The summed E-state index contributed by atoms with van der Waals surface area (Å²) in [5, 5.41) is 15.1. The third-order valence-corrected chi connectivity index (χ3v) is 14.8. The predicted octanol–water partition coefficient (Wildman–Crippen LogP) is 16.9. The van der Waals surface area contributed by atoms with E-state index in [1.165, 1.54) is 22.3 Å². The van der Waals surface area contributed by atoms with Crippen LogP contribution in [0, 0.1) is 13.8 Å². The number of anilines is 2. The van der Waals surface area contributed by atoms with Crippen LogP contribution in [0.4, 0.5) is 11.4 Å². The molecule has 0 spiro atoms. The maximum atomic E-state index is 6.16. The zero-order chi connectivity index (χ0) is 50.9. The number of fused-ring (bicyclic) bond motifs is 2. The number of aromatic nitrogens is 2. The molecule has 4 heterocycles. The Bertz CT molecular complexity index is 3490. The van der Waals surface area contributed by atoms with Crippen LogP contribution in [-0.4, -0.2) is 21.4 Å². The number of hydrogen-bond acceptors (Lipinski definition) is 8.